The van der Waals surface area contributed by atoms with Gasteiger partial charge in [-0.1, -0.05) is 34.8 Å². The molecule has 1 aliphatic rings. The van der Waals surface area contributed by atoms with E-state index >= 15 is 0 Å². The lowest BCUT2D eigenvalue weighted by Gasteiger charge is -2.27. The highest BCUT2D eigenvalue weighted by Crippen LogP contribution is 2.47. The Labute approximate surface area is 147 Å². The fourth-order valence-electron chi connectivity index (χ4n) is 2.52. The predicted octanol–water partition coefficient (Wildman–Crippen LogP) is 4.57. The number of hydrogen-bond acceptors (Lipinski definition) is 4. The number of benzene rings is 2. The fraction of sp³-hybridized carbons (Fsp3) is 0.0625. The number of rotatable bonds is 1. The minimum Gasteiger partial charge on any atom is -0.506 e. The minimum atomic E-state index is -0.590. The molecule has 0 saturated carbocycles. The largest absolute Gasteiger partial charge is 0.506 e. The lowest BCUT2D eigenvalue weighted by atomic mass is 9.83. The first kappa shape index (κ1) is 15.8. The molecule has 116 valence electrons. The summed E-state index contributed by atoms with van der Waals surface area (Å²) in [6.07, 6.45) is 0. The number of hydrogen-bond donors (Lipinski definition) is 2. The molecule has 0 spiro atoms. The molecule has 3 rings (SSSR count). The molecule has 1 atom stereocenters. The lowest BCUT2D eigenvalue weighted by Crippen LogP contribution is -2.21. The smallest absolute Gasteiger partial charge is 0.205 e. The van der Waals surface area contributed by atoms with E-state index in [2.05, 4.69) is 0 Å². The summed E-state index contributed by atoms with van der Waals surface area (Å²) >= 11 is 18.3. The Morgan fingerprint density at radius 1 is 1.09 bits per heavy atom. The number of phenols is 1. The van der Waals surface area contributed by atoms with Crippen LogP contribution in [0.1, 0.15) is 17.0 Å². The average Bonchev–Trinajstić information content (AvgIpc) is 2.50. The zero-order chi connectivity index (χ0) is 16.7. The summed E-state index contributed by atoms with van der Waals surface area (Å²) in [5, 5.41) is 20.3. The van der Waals surface area contributed by atoms with E-state index in [4.69, 9.17) is 45.3 Å². The number of fused-ring (bicyclic) bond motifs is 1. The number of nitriles is 1. The third-order valence-electron chi connectivity index (χ3n) is 3.55. The summed E-state index contributed by atoms with van der Waals surface area (Å²) < 4.78 is 5.43. The Balaban J connectivity index is 2.31. The van der Waals surface area contributed by atoms with Crippen molar-refractivity contribution in [2.75, 3.05) is 0 Å². The van der Waals surface area contributed by atoms with Crippen molar-refractivity contribution < 1.29 is 9.84 Å². The number of nitrogens with two attached hydrogens (primary N) is 1. The second-order valence-electron chi connectivity index (χ2n) is 4.93. The van der Waals surface area contributed by atoms with Crippen molar-refractivity contribution in [2.45, 2.75) is 5.92 Å². The van der Waals surface area contributed by atoms with Crippen molar-refractivity contribution in [2.24, 2.45) is 5.73 Å². The Morgan fingerprint density at radius 2 is 1.83 bits per heavy atom. The molecule has 0 saturated heterocycles. The number of nitrogens with zero attached hydrogens (tertiary/aromatic N) is 1. The molecule has 0 fully saturated rings. The highest BCUT2D eigenvalue weighted by atomic mass is 35.5. The van der Waals surface area contributed by atoms with Gasteiger partial charge in [-0.2, -0.15) is 5.26 Å². The van der Waals surface area contributed by atoms with Crippen molar-refractivity contribution in [3.63, 3.8) is 0 Å². The van der Waals surface area contributed by atoms with Crippen molar-refractivity contribution in [3.8, 4) is 17.6 Å². The summed E-state index contributed by atoms with van der Waals surface area (Å²) in [5.41, 5.74) is 7.22. The molecule has 23 heavy (non-hydrogen) atoms. The molecule has 0 amide bonds. The quantitative estimate of drug-likeness (QED) is 0.773. The van der Waals surface area contributed by atoms with Gasteiger partial charge in [-0.3, -0.25) is 0 Å². The van der Waals surface area contributed by atoms with Crippen molar-refractivity contribution in [1.82, 2.24) is 0 Å². The van der Waals surface area contributed by atoms with Crippen molar-refractivity contribution in [3.05, 3.63) is 68.0 Å². The maximum Gasteiger partial charge on any atom is 0.205 e. The zero-order valence-corrected chi connectivity index (χ0v) is 13.7. The van der Waals surface area contributed by atoms with Gasteiger partial charge in [-0.15, -0.1) is 0 Å². The molecule has 0 bridgehead atoms. The Morgan fingerprint density at radius 3 is 2.52 bits per heavy atom. The first-order valence-electron chi connectivity index (χ1n) is 6.47. The van der Waals surface area contributed by atoms with Gasteiger partial charge in [0.1, 0.15) is 23.1 Å². The minimum absolute atomic E-state index is 0.0530. The first-order chi connectivity index (χ1) is 10.9. The van der Waals surface area contributed by atoms with E-state index in [1.54, 1.807) is 18.2 Å². The van der Waals surface area contributed by atoms with Gasteiger partial charge >= 0.3 is 0 Å². The number of allylic oxidation sites excluding steroid dienone is 1. The Bertz CT molecular complexity index is 888. The van der Waals surface area contributed by atoms with Crippen LogP contribution in [0.15, 0.2) is 41.8 Å². The molecular formula is C16H9Cl3N2O2. The maximum atomic E-state index is 9.76. The van der Waals surface area contributed by atoms with Crippen molar-refractivity contribution in [1.29, 1.82) is 5.26 Å². The molecule has 0 aliphatic carbocycles. The first-order valence-corrected chi connectivity index (χ1v) is 7.60. The Hall–Kier alpha value is -2.06. The summed E-state index contributed by atoms with van der Waals surface area (Å²) in [7, 11) is 0. The third-order valence-corrected chi connectivity index (χ3v) is 4.44. The molecule has 1 unspecified atom stereocenters. The summed E-state index contributed by atoms with van der Waals surface area (Å²) in [4.78, 5) is 0. The SMILES string of the molecule is N#CC1=C(N)Oc2cc(O)c(Cl)cc2C1c1cc(Cl)ccc1Cl. The highest BCUT2D eigenvalue weighted by Gasteiger charge is 2.33. The lowest BCUT2D eigenvalue weighted by molar-refractivity contribution is 0.388. The van der Waals surface area contributed by atoms with Crippen LogP contribution >= 0.6 is 34.8 Å². The second kappa shape index (κ2) is 5.86. The summed E-state index contributed by atoms with van der Waals surface area (Å²) in [5.74, 6) is -0.477. The van der Waals surface area contributed by atoms with Crippen LogP contribution in [0.5, 0.6) is 11.5 Å². The third kappa shape index (κ3) is 2.68. The molecule has 1 aliphatic heterocycles. The van der Waals surface area contributed by atoms with Gasteiger partial charge in [0.05, 0.1) is 10.9 Å². The van der Waals surface area contributed by atoms with Crippen LogP contribution < -0.4 is 10.5 Å². The number of ether oxygens (including phenoxy) is 1. The molecular weight excluding hydrogens is 359 g/mol. The molecule has 1 heterocycles. The molecule has 2 aromatic rings. The van der Waals surface area contributed by atoms with Gasteiger partial charge in [-0.25, -0.2) is 0 Å². The van der Waals surface area contributed by atoms with Crippen LogP contribution in [0.3, 0.4) is 0 Å². The predicted molar refractivity (Wildman–Crippen MR) is 88.9 cm³/mol. The summed E-state index contributed by atoms with van der Waals surface area (Å²) in [6.45, 7) is 0. The number of aromatic hydroxyl groups is 1. The normalized spacial score (nSPS) is 16.5. The summed E-state index contributed by atoms with van der Waals surface area (Å²) in [6, 6.07) is 9.87. The highest BCUT2D eigenvalue weighted by molar-refractivity contribution is 6.34. The maximum absolute atomic E-state index is 9.76. The van der Waals surface area contributed by atoms with E-state index in [0.717, 1.165) is 0 Å². The Kier molecular flexibility index (Phi) is 4.03. The van der Waals surface area contributed by atoms with Crippen LogP contribution in [0, 0.1) is 11.3 Å². The number of phenolic OH excluding ortho intramolecular Hbond substituents is 1. The van der Waals surface area contributed by atoms with Gasteiger partial charge in [0.15, 0.2) is 0 Å². The molecule has 2 aromatic carbocycles. The van der Waals surface area contributed by atoms with Crippen LogP contribution in [-0.2, 0) is 0 Å². The van der Waals surface area contributed by atoms with Crippen LogP contribution in [-0.4, -0.2) is 5.11 Å². The molecule has 0 aromatic heterocycles. The van der Waals surface area contributed by atoms with Gasteiger partial charge in [-0.05, 0) is 29.8 Å². The van der Waals surface area contributed by atoms with E-state index < -0.39 is 5.92 Å². The van der Waals surface area contributed by atoms with E-state index in [0.29, 0.717) is 26.9 Å². The van der Waals surface area contributed by atoms with Crippen LogP contribution in [0.4, 0.5) is 0 Å². The van der Waals surface area contributed by atoms with Gasteiger partial charge in [0.25, 0.3) is 0 Å². The molecule has 3 N–H and O–H groups in total. The van der Waals surface area contributed by atoms with Crippen LogP contribution in [0.2, 0.25) is 15.1 Å². The topological polar surface area (TPSA) is 79.3 Å². The second-order valence-corrected chi connectivity index (χ2v) is 6.18. The van der Waals surface area contributed by atoms with E-state index in [1.165, 1.54) is 12.1 Å². The monoisotopic (exact) mass is 366 g/mol. The molecule has 7 heteroatoms. The van der Waals surface area contributed by atoms with E-state index in [-0.39, 0.29) is 22.2 Å². The average molecular weight is 368 g/mol. The van der Waals surface area contributed by atoms with Crippen molar-refractivity contribution >= 4 is 34.8 Å². The molecule has 0 radical (unpaired) electrons. The molecule has 4 nitrogen and oxygen atoms in total. The fourth-order valence-corrected chi connectivity index (χ4v) is 3.10. The van der Waals surface area contributed by atoms with E-state index in [9.17, 15) is 10.4 Å². The zero-order valence-electron chi connectivity index (χ0n) is 11.5. The van der Waals surface area contributed by atoms with Crippen LogP contribution in [0.25, 0.3) is 0 Å². The number of halogens is 3. The van der Waals surface area contributed by atoms with Gasteiger partial charge in [0.2, 0.25) is 5.88 Å². The van der Waals surface area contributed by atoms with E-state index in [1.807, 2.05) is 6.07 Å². The van der Waals surface area contributed by atoms with Gasteiger partial charge in [0, 0.05) is 21.7 Å². The standard InChI is InChI=1S/C16H9Cl3N2O2/c17-7-1-2-11(18)8(3-7)15-9-4-12(19)13(22)5-14(9)23-16(21)10(15)6-20/h1-5,15,22H,21H2. The van der Waals surface area contributed by atoms with Gasteiger partial charge < -0.3 is 15.6 Å².